The summed E-state index contributed by atoms with van der Waals surface area (Å²) in [7, 11) is 0. The summed E-state index contributed by atoms with van der Waals surface area (Å²) in [5.74, 6) is 0. The SMILES string of the molecule is Cc1ccsc1[C@@H](C)N[C@H](C)CO. The summed E-state index contributed by atoms with van der Waals surface area (Å²) in [6.45, 7) is 6.42. The lowest BCUT2D eigenvalue weighted by Crippen LogP contribution is -2.31. The molecule has 0 saturated carbocycles. The van der Waals surface area contributed by atoms with Gasteiger partial charge in [0, 0.05) is 17.0 Å². The highest BCUT2D eigenvalue weighted by atomic mass is 32.1. The van der Waals surface area contributed by atoms with Gasteiger partial charge in [-0.05, 0) is 37.8 Å². The Morgan fingerprint density at radius 2 is 2.23 bits per heavy atom. The number of aliphatic hydroxyl groups is 1. The van der Waals surface area contributed by atoms with Crippen LogP contribution in [-0.2, 0) is 0 Å². The minimum Gasteiger partial charge on any atom is -0.395 e. The van der Waals surface area contributed by atoms with E-state index in [1.54, 1.807) is 11.3 Å². The van der Waals surface area contributed by atoms with Gasteiger partial charge in [-0.2, -0.15) is 0 Å². The molecule has 0 aromatic carbocycles. The topological polar surface area (TPSA) is 32.3 Å². The molecular formula is C10H17NOS. The van der Waals surface area contributed by atoms with Crippen molar-refractivity contribution in [1.82, 2.24) is 5.32 Å². The quantitative estimate of drug-likeness (QED) is 0.778. The van der Waals surface area contributed by atoms with Gasteiger partial charge in [-0.1, -0.05) is 0 Å². The number of hydrogen-bond donors (Lipinski definition) is 2. The molecule has 1 heterocycles. The zero-order valence-electron chi connectivity index (χ0n) is 8.37. The van der Waals surface area contributed by atoms with Crippen molar-refractivity contribution in [2.24, 2.45) is 0 Å². The summed E-state index contributed by atoms with van der Waals surface area (Å²) in [5.41, 5.74) is 1.33. The van der Waals surface area contributed by atoms with Crippen molar-refractivity contribution < 1.29 is 5.11 Å². The Labute approximate surface area is 83.6 Å². The Kier molecular flexibility index (Phi) is 3.90. The molecule has 0 amide bonds. The molecule has 0 radical (unpaired) electrons. The number of aliphatic hydroxyl groups excluding tert-OH is 1. The van der Waals surface area contributed by atoms with E-state index in [1.165, 1.54) is 10.4 Å². The second-order valence-corrected chi connectivity index (χ2v) is 4.39. The molecule has 0 saturated heterocycles. The molecule has 0 aliphatic carbocycles. The molecule has 1 rings (SSSR count). The van der Waals surface area contributed by atoms with E-state index in [0.29, 0.717) is 6.04 Å². The number of thiophene rings is 1. The lowest BCUT2D eigenvalue weighted by Gasteiger charge is -2.17. The molecule has 2 nitrogen and oxygen atoms in total. The average molecular weight is 199 g/mol. The summed E-state index contributed by atoms with van der Waals surface area (Å²) in [4.78, 5) is 1.36. The van der Waals surface area contributed by atoms with Gasteiger partial charge in [0.2, 0.25) is 0 Å². The van der Waals surface area contributed by atoms with Crippen molar-refractivity contribution >= 4 is 11.3 Å². The molecule has 0 unspecified atom stereocenters. The van der Waals surface area contributed by atoms with Gasteiger partial charge in [0.1, 0.15) is 0 Å². The summed E-state index contributed by atoms with van der Waals surface area (Å²) in [5, 5.41) is 14.3. The number of aryl methyl sites for hydroxylation is 1. The third-order valence-electron chi connectivity index (χ3n) is 2.10. The molecule has 74 valence electrons. The molecule has 3 heteroatoms. The third kappa shape index (κ3) is 2.79. The van der Waals surface area contributed by atoms with Crippen molar-refractivity contribution in [3.8, 4) is 0 Å². The van der Waals surface area contributed by atoms with E-state index in [1.807, 2.05) is 6.92 Å². The molecule has 2 atom stereocenters. The first-order valence-electron chi connectivity index (χ1n) is 4.56. The van der Waals surface area contributed by atoms with E-state index in [-0.39, 0.29) is 12.6 Å². The van der Waals surface area contributed by atoms with Gasteiger partial charge >= 0.3 is 0 Å². The average Bonchev–Trinajstić information content (AvgIpc) is 2.51. The molecule has 0 bridgehead atoms. The fourth-order valence-electron chi connectivity index (χ4n) is 1.38. The van der Waals surface area contributed by atoms with Crippen molar-refractivity contribution in [3.05, 3.63) is 21.9 Å². The van der Waals surface area contributed by atoms with Crippen molar-refractivity contribution in [2.45, 2.75) is 32.9 Å². The highest BCUT2D eigenvalue weighted by molar-refractivity contribution is 7.10. The zero-order chi connectivity index (χ0) is 9.84. The van der Waals surface area contributed by atoms with Crippen molar-refractivity contribution in [3.63, 3.8) is 0 Å². The molecule has 1 aromatic heterocycles. The monoisotopic (exact) mass is 199 g/mol. The molecule has 0 aliphatic rings. The Balaban J connectivity index is 2.58. The third-order valence-corrected chi connectivity index (χ3v) is 3.30. The van der Waals surface area contributed by atoms with Crippen molar-refractivity contribution in [1.29, 1.82) is 0 Å². The maximum absolute atomic E-state index is 8.89. The second kappa shape index (κ2) is 4.74. The van der Waals surface area contributed by atoms with Crippen LogP contribution in [0.5, 0.6) is 0 Å². The Morgan fingerprint density at radius 3 is 2.69 bits per heavy atom. The van der Waals surface area contributed by atoms with Crippen LogP contribution in [0.3, 0.4) is 0 Å². The van der Waals surface area contributed by atoms with E-state index in [0.717, 1.165) is 0 Å². The first-order valence-corrected chi connectivity index (χ1v) is 5.44. The summed E-state index contributed by atoms with van der Waals surface area (Å²) >= 11 is 1.77. The number of rotatable bonds is 4. The number of nitrogens with one attached hydrogen (secondary N) is 1. The van der Waals surface area contributed by atoms with Crippen LogP contribution in [0.25, 0.3) is 0 Å². The second-order valence-electron chi connectivity index (χ2n) is 3.44. The standard InChI is InChI=1S/C10H17NOS/c1-7-4-5-13-10(7)9(3)11-8(2)6-12/h4-5,8-9,11-12H,6H2,1-3H3/t8-,9-/m1/s1. The smallest absolute Gasteiger partial charge is 0.0582 e. The largest absolute Gasteiger partial charge is 0.395 e. The highest BCUT2D eigenvalue weighted by Crippen LogP contribution is 2.23. The van der Waals surface area contributed by atoms with Gasteiger partial charge in [-0.3, -0.25) is 0 Å². The summed E-state index contributed by atoms with van der Waals surface area (Å²) in [6, 6.07) is 2.63. The predicted octanol–water partition coefficient (Wildman–Crippen LogP) is 2.09. The van der Waals surface area contributed by atoms with Crippen LogP contribution in [-0.4, -0.2) is 17.8 Å². The van der Waals surface area contributed by atoms with Crippen LogP contribution in [0, 0.1) is 6.92 Å². The van der Waals surface area contributed by atoms with E-state index in [9.17, 15) is 0 Å². The Bertz CT molecular complexity index is 259. The predicted molar refractivity (Wildman–Crippen MR) is 57.2 cm³/mol. The van der Waals surface area contributed by atoms with Gasteiger partial charge in [0.05, 0.1) is 6.61 Å². The number of hydrogen-bond acceptors (Lipinski definition) is 3. The fourth-order valence-corrected chi connectivity index (χ4v) is 2.33. The molecule has 0 spiro atoms. The van der Waals surface area contributed by atoms with Gasteiger partial charge in [-0.15, -0.1) is 11.3 Å². The fraction of sp³-hybridized carbons (Fsp3) is 0.600. The Hall–Kier alpha value is -0.380. The lowest BCUT2D eigenvalue weighted by molar-refractivity contribution is 0.243. The highest BCUT2D eigenvalue weighted by Gasteiger charge is 2.11. The van der Waals surface area contributed by atoms with Gasteiger partial charge in [0.25, 0.3) is 0 Å². The van der Waals surface area contributed by atoms with E-state index >= 15 is 0 Å². The van der Waals surface area contributed by atoms with Crippen LogP contribution < -0.4 is 5.32 Å². The van der Waals surface area contributed by atoms with Crippen LogP contribution in [0.2, 0.25) is 0 Å². The lowest BCUT2D eigenvalue weighted by atomic mass is 10.2. The first-order chi connectivity index (χ1) is 6.15. The minimum atomic E-state index is 0.163. The van der Waals surface area contributed by atoms with Gasteiger partial charge in [0.15, 0.2) is 0 Å². The minimum absolute atomic E-state index is 0.163. The molecule has 2 N–H and O–H groups in total. The van der Waals surface area contributed by atoms with Crippen LogP contribution in [0.15, 0.2) is 11.4 Å². The first kappa shape index (κ1) is 10.7. The summed E-state index contributed by atoms with van der Waals surface area (Å²) in [6.07, 6.45) is 0. The molecular weight excluding hydrogens is 182 g/mol. The molecule has 0 aliphatic heterocycles. The normalized spacial score (nSPS) is 15.7. The molecule has 0 fully saturated rings. The molecule has 1 aromatic rings. The Morgan fingerprint density at radius 1 is 1.54 bits per heavy atom. The van der Waals surface area contributed by atoms with E-state index in [2.05, 4.69) is 30.6 Å². The maximum atomic E-state index is 8.89. The molecule has 13 heavy (non-hydrogen) atoms. The van der Waals surface area contributed by atoms with Crippen LogP contribution >= 0.6 is 11.3 Å². The van der Waals surface area contributed by atoms with Crippen molar-refractivity contribution in [2.75, 3.05) is 6.61 Å². The van der Waals surface area contributed by atoms with Crippen LogP contribution in [0.4, 0.5) is 0 Å². The summed E-state index contributed by atoms with van der Waals surface area (Å²) < 4.78 is 0. The van der Waals surface area contributed by atoms with Gasteiger partial charge < -0.3 is 10.4 Å². The zero-order valence-corrected chi connectivity index (χ0v) is 9.19. The van der Waals surface area contributed by atoms with Crippen LogP contribution in [0.1, 0.15) is 30.3 Å². The van der Waals surface area contributed by atoms with E-state index in [4.69, 9.17) is 5.11 Å². The maximum Gasteiger partial charge on any atom is 0.0582 e. The van der Waals surface area contributed by atoms with Gasteiger partial charge in [-0.25, -0.2) is 0 Å². The van der Waals surface area contributed by atoms with E-state index < -0.39 is 0 Å².